The van der Waals surface area contributed by atoms with E-state index in [4.69, 9.17) is 5.73 Å². The molecule has 0 saturated heterocycles. The number of nitro groups is 1. The summed E-state index contributed by atoms with van der Waals surface area (Å²) in [5.74, 6) is 0.669. The second-order valence-corrected chi connectivity index (χ2v) is 4.12. The Bertz CT molecular complexity index is 617. The quantitative estimate of drug-likeness (QED) is 0.674. The van der Waals surface area contributed by atoms with Crippen LogP contribution in [0.1, 0.15) is 18.2 Å². The lowest BCUT2D eigenvalue weighted by Gasteiger charge is -2.08. The van der Waals surface area contributed by atoms with Gasteiger partial charge in [-0.25, -0.2) is 9.97 Å². The highest BCUT2D eigenvalue weighted by Gasteiger charge is 2.18. The van der Waals surface area contributed by atoms with Gasteiger partial charge in [0, 0.05) is 17.3 Å². The molecule has 0 amide bonds. The van der Waals surface area contributed by atoms with Crippen molar-refractivity contribution in [1.29, 1.82) is 0 Å². The van der Waals surface area contributed by atoms with Crippen LogP contribution < -0.4 is 5.73 Å². The monoisotopic (exact) mass is 258 g/mol. The number of aromatic nitrogens is 2. The van der Waals surface area contributed by atoms with Gasteiger partial charge in [0.25, 0.3) is 5.69 Å². The van der Waals surface area contributed by atoms with Crippen molar-refractivity contribution >= 4 is 11.5 Å². The van der Waals surface area contributed by atoms with Gasteiger partial charge in [0.2, 0.25) is 0 Å². The van der Waals surface area contributed by atoms with Crippen molar-refractivity contribution in [2.75, 3.05) is 5.73 Å². The maximum atomic E-state index is 11.0. The van der Waals surface area contributed by atoms with Gasteiger partial charge in [0.05, 0.1) is 10.5 Å². The molecular formula is C13H14N4O2. The van der Waals surface area contributed by atoms with Crippen LogP contribution in [-0.4, -0.2) is 14.9 Å². The molecule has 0 radical (unpaired) electrons. The maximum absolute atomic E-state index is 11.0. The molecular weight excluding hydrogens is 244 g/mol. The standard InChI is InChI=1S/C13H14N4O2/c1-3-9-8(2)15-13(16-12(9)14)10-6-4-5-7-11(10)17(18)19/h4-7H,3H2,1-2H3,(H2,14,15,16). The summed E-state index contributed by atoms with van der Waals surface area (Å²) in [7, 11) is 0. The van der Waals surface area contributed by atoms with Crippen molar-refractivity contribution in [3.05, 3.63) is 45.6 Å². The summed E-state index contributed by atoms with van der Waals surface area (Å²) >= 11 is 0. The predicted molar refractivity (Wildman–Crippen MR) is 72.6 cm³/mol. The molecule has 98 valence electrons. The molecule has 0 atom stereocenters. The Balaban J connectivity index is 2.63. The van der Waals surface area contributed by atoms with Crippen molar-refractivity contribution in [2.24, 2.45) is 0 Å². The van der Waals surface area contributed by atoms with Crippen LogP contribution in [0.2, 0.25) is 0 Å². The van der Waals surface area contributed by atoms with E-state index in [-0.39, 0.29) is 5.69 Å². The number of para-hydroxylation sites is 1. The highest BCUT2D eigenvalue weighted by atomic mass is 16.6. The second kappa shape index (κ2) is 5.01. The van der Waals surface area contributed by atoms with Crippen molar-refractivity contribution in [1.82, 2.24) is 9.97 Å². The summed E-state index contributed by atoms with van der Waals surface area (Å²) in [4.78, 5) is 19.1. The summed E-state index contributed by atoms with van der Waals surface area (Å²) in [5.41, 5.74) is 7.86. The van der Waals surface area contributed by atoms with E-state index >= 15 is 0 Å². The van der Waals surface area contributed by atoms with Crippen LogP contribution >= 0.6 is 0 Å². The Hall–Kier alpha value is -2.50. The minimum absolute atomic E-state index is 0.0226. The summed E-state index contributed by atoms with van der Waals surface area (Å²) < 4.78 is 0. The number of nitrogens with zero attached hydrogens (tertiary/aromatic N) is 3. The van der Waals surface area contributed by atoms with E-state index in [1.165, 1.54) is 6.07 Å². The van der Waals surface area contributed by atoms with Gasteiger partial charge in [-0.15, -0.1) is 0 Å². The third kappa shape index (κ3) is 2.37. The van der Waals surface area contributed by atoms with Gasteiger partial charge in [-0.2, -0.15) is 0 Å². The first-order valence-electron chi connectivity index (χ1n) is 5.91. The van der Waals surface area contributed by atoms with E-state index in [2.05, 4.69) is 9.97 Å². The van der Waals surface area contributed by atoms with Gasteiger partial charge < -0.3 is 5.73 Å². The zero-order chi connectivity index (χ0) is 14.0. The highest BCUT2D eigenvalue weighted by Crippen LogP contribution is 2.28. The number of nitro benzene ring substituents is 1. The molecule has 2 rings (SSSR count). The van der Waals surface area contributed by atoms with Crippen LogP contribution in [0.3, 0.4) is 0 Å². The number of hydrogen-bond donors (Lipinski definition) is 1. The maximum Gasteiger partial charge on any atom is 0.280 e. The fourth-order valence-electron chi connectivity index (χ4n) is 2.00. The van der Waals surface area contributed by atoms with Crippen molar-refractivity contribution in [3.63, 3.8) is 0 Å². The minimum atomic E-state index is -0.446. The third-order valence-electron chi connectivity index (χ3n) is 2.94. The highest BCUT2D eigenvalue weighted by molar-refractivity contribution is 5.69. The van der Waals surface area contributed by atoms with E-state index in [0.29, 0.717) is 17.2 Å². The number of aryl methyl sites for hydroxylation is 1. The molecule has 19 heavy (non-hydrogen) atoms. The van der Waals surface area contributed by atoms with Gasteiger partial charge >= 0.3 is 0 Å². The number of benzene rings is 1. The molecule has 0 bridgehead atoms. The summed E-state index contributed by atoms with van der Waals surface area (Å²) in [6.07, 6.45) is 0.731. The van der Waals surface area contributed by atoms with Gasteiger partial charge in [-0.3, -0.25) is 10.1 Å². The van der Waals surface area contributed by atoms with Gasteiger partial charge in [-0.1, -0.05) is 19.1 Å². The van der Waals surface area contributed by atoms with Crippen LogP contribution in [-0.2, 0) is 6.42 Å². The van der Waals surface area contributed by atoms with Gasteiger partial charge in [0.15, 0.2) is 5.82 Å². The van der Waals surface area contributed by atoms with Crippen LogP contribution in [0.5, 0.6) is 0 Å². The van der Waals surface area contributed by atoms with E-state index in [1.807, 2.05) is 13.8 Å². The smallest absolute Gasteiger partial charge is 0.280 e. The van der Waals surface area contributed by atoms with Crippen molar-refractivity contribution < 1.29 is 4.92 Å². The summed E-state index contributed by atoms with van der Waals surface area (Å²) in [6, 6.07) is 6.37. The molecule has 0 aliphatic rings. The Morgan fingerprint density at radius 1 is 1.32 bits per heavy atom. The largest absolute Gasteiger partial charge is 0.383 e. The zero-order valence-corrected chi connectivity index (χ0v) is 10.8. The van der Waals surface area contributed by atoms with E-state index < -0.39 is 4.92 Å². The van der Waals surface area contributed by atoms with Crippen LogP contribution in [0.4, 0.5) is 11.5 Å². The SMILES string of the molecule is CCc1c(C)nc(-c2ccccc2[N+](=O)[O-])nc1N. The van der Waals surface area contributed by atoms with Crippen molar-refractivity contribution in [3.8, 4) is 11.4 Å². The van der Waals surface area contributed by atoms with E-state index in [9.17, 15) is 10.1 Å². The first-order chi connectivity index (χ1) is 9.04. The summed E-state index contributed by atoms with van der Waals surface area (Å²) in [5, 5.41) is 11.0. The van der Waals surface area contributed by atoms with Crippen LogP contribution in [0.25, 0.3) is 11.4 Å². The molecule has 2 aromatic rings. The normalized spacial score (nSPS) is 10.4. The Kier molecular flexibility index (Phi) is 3.41. The Morgan fingerprint density at radius 2 is 2.00 bits per heavy atom. The Morgan fingerprint density at radius 3 is 2.58 bits per heavy atom. The fourth-order valence-corrected chi connectivity index (χ4v) is 2.00. The molecule has 1 aromatic heterocycles. The number of nitrogen functional groups attached to an aromatic ring is 1. The molecule has 6 heteroatoms. The number of rotatable bonds is 3. The Labute approximate surface area is 110 Å². The minimum Gasteiger partial charge on any atom is -0.383 e. The van der Waals surface area contributed by atoms with E-state index in [1.54, 1.807) is 18.2 Å². The molecule has 0 unspecified atom stereocenters. The fraction of sp³-hybridized carbons (Fsp3) is 0.231. The first-order valence-corrected chi connectivity index (χ1v) is 5.91. The van der Waals surface area contributed by atoms with Crippen molar-refractivity contribution in [2.45, 2.75) is 20.3 Å². The molecule has 0 saturated carbocycles. The topological polar surface area (TPSA) is 94.9 Å². The lowest BCUT2D eigenvalue weighted by molar-refractivity contribution is -0.384. The van der Waals surface area contributed by atoms with E-state index in [0.717, 1.165) is 17.7 Å². The first kappa shape index (κ1) is 12.9. The lowest BCUT2D eigenvalue weighted by Crippen LogP contribution is -2.05. The van der Waals surface area contributed by atoms with Gasteiger partial charge in [0.1, 0.15) is 5.82 Å². The molecule has 1 heterocycles. The number of nitrogens with two attached hydrogens (primary N) is 1. The number of hydrogen-bond acceptors (Lipinski definition) is 5. The average Bonchev–Trinajstić information content (AvgIpc) is 2.38. The molecule has 2 N–H and O–H groups in total. The third-order valence-corrected chi connectivity index (χ3v) is 2.94. The van der Waals surface area contributed by atoms with Crippen LogP contribution in [0.15, 0.2) is 24.3 Å². The predicted octanol–water partition coefficient (Wildman–Crippen LogP) is 2.50. The second-order valence-electron chi connectivity index (χ2n) is 4.12. The average molecular weight is 258 g/mol. The van der Waals surface area contributed by atoms with Crippen LogP contribution in [0, 0.1) is 17.0 Å². The molecule has 0 aliphatic heterocycles. The molecule has 0 aliphatic carbocycles. The molecule has 6 nitrogen and oxygen atoms in total. The summed E-state index contributed by atoms with van der Waals surface area (Å²) in [6.45, 7) is 3.79. The lowest BCUT2D eigenvalue weighted by atomic mass is 10.1. The molecule has 0 fully saturated rings. The molecule has 1 aromatic carbocycles. The number of anilines is 1. The zero-order valence-electron chi connectivity index (χ0n) is 10.8. The van der Waals surface area contributed by atoms with Gasteiger partial charge in [-0.05, 0) is 19.4 Å². The molecule has 0 spiro atoms.